The van der Waals surface area contributed by atoms with E-state index in [0.717, 1.165) is 17.1 Å². The van der Waals surface area contributed by atoms with Crippen LogP contribution >= 0.6 is 11.6 Å². The first-order valence-electron chi connectivity index (χ1n) is 5.30. The summed E-state index contributed by atoms with van der Waals surface area (Å²) in [6.45, 7) is 2.67. The van der Waals surface area contributed by atoms with Crippen LogP contribution in [0.15, 0.2) is 24.5 Å². The first-order chi connectivity index (χ1) is 8.24. The predicted octanol–water partition coefficient (Wildman–Crippen LogP) is 2.38. The van der Waals surface area contributed by atoms with E-state index in [2.05, 4.69) is 16.1 Å². The number of rotatable bonds is 4. The van der Waals surface area contributed by atoms with Gasteiger partial charge in [-0.1, -0.05) is 17.7 Å². The molecule has 2 rings (SSSR count). The van der Waals surface area contributed by atoms with Crippen molar-refractivity contribution in [3.63, 3.8) is 0 Å². The van der Waals surface area contributed by atoms with E-state index >= 15 is 0 Å². The Bertz CT molecular complexity index is 510. The molecule has 1 heterocycles. The molecule has 90 valence electrons. The van der Waals surface area contributed by atoms with Gasteiger partial charge in [0, 0.05) is 5.56 Å². The number of nitrogens with zero attached hydrogens (tertiary/aromatic N) is 3. The minimum atomic E-state index is 0.355. The average Bonchev–Trinajstić information content (AvgIpc) is 2.77. The Labute approximate surface area is 105 Å². The van der Waals surface area contributed by atoms with E-state index in [0.29, 0.717) is 12.4 Å². The van der Waals surface area contributed by atoms with E-state index in [1.165, 1.54) is 11.9 Å². The summed E-state index contributed by atoms with van der Waals surface area (Å²) < 4.78 is 7.11. The maximum Gasteiger partial charge on any atom is 0.142 e. The van der Waals surface area contributed by atoms with Crippen LogP contribution in [0.3, 0.4) is 0 Å². The van der Waals surface area contributed by atoms with Crippen LogP contribution in [0, 0.1) is 6.92 Å². The minimum Gasteiger partial charge on any atom is -0.496 e. The van der Waals surface area contributed by atoms with Gasteiger partial charge in [-0.05, 0) is 13.0 Å². The van der Waals surface area contributed by atoms with Crippen molar-refractivity contribution in [1.82, 2.24) is 14.8 Å². The highest BCUT2D eigenvalue weighted by atomic mass is 35.5. The minimum absolute atomic E-state index is 0.355. The van der Waals surface area contributed by atoms with E-state index < -0.39 is 0 Å². The third kappa shape index (κ3) is 2.58. The average molecular weight is 252 g/mol. The van der Waals surface area contributed by atoms with Crippen molar-refractivity contribution in [3.8, 4) is 5.75 Å². The molecule has 5 heteroatoms. The van der Waals surface area contributed by atoms with Crippen LogP contribution in [0.4, 0.5) is 0 Å². The summed E-state index contributed by atoms with van der Waals surface area (Å²) in [4.78, 5) is 4.09. The number of benzene rings is 1. The number of ether oxygens (including phenoxy) is 1. The largest absolute Gasteiger partial charge is 0.496 e. The molecule has 0 N–H and O–H groups in total. The molecule has 17 heavy (non-hydrogen) atoms. The summed E-state index contributed by atoms with van der Waals surface area (Å²) in [5, 5.41) is 4.15. The monoisotopic (exact) mass is 251 g/mol. The Kier molecular flexibility index (Phi) is 3.64. The normalized spacial score (nSPS) is 10.5. The number of methoxy groups -OCH3 is 1. The molecule has 0 aliphatic carbocycles. The maximum absolute atomic E-state index is 5.79. The molecule has 0 radical (unpaired) electrons. The molecule has 0 unspecified atom stereocenters. The quantitative estimate of drug-likeness (QED) is 0.784. The second-order valence-corrected chi connectivity index (χ2v) is 4.05. The number of hydrogen-bond acceptors (Lipinski definition) is 3. The lowest BCUT2D eigenvalue weighted by molar-refractivity contribution is 0.407. The highest BCUT2D eigenvalue weighted by molar-refractivity contribution is 6.16. The molecule has 0 aliphatic heterocycles. The van der Waals surface area contributed by atoms with Gasteiger partial charge in [-0.3, -0.25) is 0 Å². The van der Waals surface area contributed by atoms with Gasteiger partial charge >= 0.3 is 0 Å². The molecule has 1 aromatic carbocycles. The second kappa shape index (κ2) is 5.19. The van der Waals surface area contributed by atoms with Crippen LogP contribution in [0.2, 0.25) is 0 Å². The van der Waals surface area contributed by atoms with Crippen LogP contribution in [0.1, 0.15) is 17.0 Å². The van der Waals surface area contributed by atoms with E-state index in [9.17, 15) is 0 Å². The molecule has 0 amide bonds. The number of alkyl halides is 1. The lowest BCUT2D eigenvalue weighted by Gasteiger charge is -2.10. The van der Waals surface area contributed by atoms with Gasteiger partial charge in [-0.15, -0.1) is 11.6 Å². The van der Waals surface area contributed by atoms with Crippen LogP contribution in [0.5, 0.6) is 5.75 Å². The first kappa shape index (κ1) is 11.9. The van der Waals surface area contributed by atoms with E-state index in [1.54, 1.807) is 11.8 Å². The topological polar surface area (TPSA) is 39.9 Å². The van der Waals surface area contributed by atoms with Crippen molar-refractivity contribution in [1.29, 1.82) is 0 Å². The lowest BCUT2D eigenvalue weighted by Crippen LogP contribution is -2.07. The van der Waals surface area contributed by atoms with Crippen LogP contribution in [-0.4, -0.2) is 21.9 Å². The van der Waals surface area contributed by atoms with Crippen molar-refractivity contribution in [2.24, 2.45) is 0 Å². The van der Waals surface area contributed by atoms with Gasteiger partial charge in [0.15, 0.2) is 0 Å². The molecular weight excluding hydrogens is 238 g/mol. The van der Waals surface area contributed by atoms with Crippen molar-refractivity contribution >= 4 is 11.6 Å². The summed E-state index contributed by atoms with van der Waals surface area (Å²) in [5.74, 6) is 1.97. The SMILES string of the molecule is COc1ccc(C)cc1Cn1ncnc1CCl. The van der Waals surface area contributed by atoms with Gasteiger partial charge in [0.05, 0.1) is 19.5 Å². The fraction of sp³-hybridized carbons (Fsp3) is 0.333. The summed E-state index contributed by atoms with van der Waals surface area (Å²) in [5.41, 5.74) is 2.26. The van der Waals surface area contributed by atoms with Crippen molar-refractivity contribution in [2.45, 2.75) is 19.3 Å². The smallest absolute Gasteiger partial charge is 0.142 e. The highest BCUT2D eigenvalue weighted by Gasteiger charge is 2.08. The zero-order valence-electron chi connectivity index (χ0n) is 9.85. The van der Waals surface area contributed by atoms with Gasteiger partial charge in [0.2, 0.25) is 0 Å². The molecule has 4 nitrogen and oxygen atoms in total. The van der Waals surface area contributed by atoms with E-state index in [-0.39, 0.29) is 0 Å². The highest BCUT2D eigenvalue weighted by Crippen LogP contribution is 2.20. The van der Waals surface area contributed by atoms with E-state index in [1.807, 2.05) is 19.1 Å². The Morgan fingerprint density at radius 3 is 2.94 bits per heavy atom. The summed E-state index contributed by atoms with van der Waals surface area (Å²) in [7, 11) is 1.66. The summed E-state index contributed by atoms with van der Waals surface area (Å²) >= 11 is 5.79. The van der Waals surface area contributed by atoms with Gasteiger partial charge in [0.1, 0.15) is 17.9 Å². The van der Waals surface area contributed by atoms with Crippen molar-refractivity contribution in [3.05, 3.63) is 41.5 Å². The van der Waals surface area contributed by atoms with Crippen LogP contribution < -0.4 is 4.74 Å². The second-order valence-electron chi connectivity index (χ2n) is 3.78. The maximum atomic E-state index is 5.79. The summed E-state index contributed by atoms with van der Waals surface area (Å²) in [6, 6.07) is 6.06. The molecule has 1 aromatic heterocycles. The van der Waals surface area contributed by atoms with Gasteiger partial charge in [-0.2, -0.15) is 5.10 Å². The Morgan fingerprint density at radius 1 is 1.41 bits per heavy atom. The molecule has 0 atom stereocenters. The van der Waals surface area contributed by atoms with Gasteiger partial charge in [-0.25, -0.2) is 9.67 Å². The standard InChI is InChI=1S/C12H14ClN3O/c1-9-3-4-11(17-2)10(5-9)7-16-12(6-13)14-8-15-16/h3-5,8H,6-7H2,1-2H3. The zero-order chi connectivity index (χ0) is 12.3. The van der Waals surface area contributed by atoms with Crippen molar-refractivity contribution < 1.29 is 4.74 Å². The molecule has 0 bridgehead atoms. The predicted molar refractivity (Wildman–Crippen MR) is 66.4 cm³/mol. The third-order valence-corrected chi connectivity index (χ3v) is 2.81. The van der Waals surface area contributed by atoms with Crippen molar-refractivity contribution in [2.75, 3.05) is 7.11 Å². The summed E-state index contributed by atoms with van der Waals surface area (Å²) in [6.07, 6.45) is 1.51. The Hall–Kier alpha value is -1.55. The molecular formula is C12H14ClN3O. The Balaban J connectivity index is 2.32. The molecule has 2 aromatic rings. The molecule has 0 spiro atoms. The van der Waals surface area contributed by atoms with Crippen LogP contribution in [-0.2, 0) is 12.4 Å². The fourth-order valence-electron chi connectivity index (χ4n) is 1.72. The molecule has 0 aliphatic rings. The van der Waals surface area contributed by atoms with Crippen LogP contribution in [0.25, 0.3) is 0 Å². The molecule has 0 saturated carbocycles. The molecule has 0 fully saturated rings. The number of aromatic nitrogens is 3. The van der Waals surface area contributed by atoms with Gasteiger partial charge in [0.25, 0.3) is 0 Å². The zero-order valence-corrected chi connectivity index (χ0v) is 10.6. The number of halogens is 1. The Morgan fingerprint density at radius 2 is 2.24 bits per heavy atom. The van der Waals surface area contributed by atoms with E-state index in [4.69, 9.17) is 16.3 Å². The fourth-order valence-corrected chi connectivity index (χ4v) is 1.92. The first-order valence-corrected chi connectivity index (χ1v) is 5.84. The number of hydrogen-bond donors (Lipinski definition) is 0. The lowest BCUT2D eigenvalue weighted by atomic mass is 10.1. The van der Waals surface area contributed by atoms with Gasteiger partial charge < -0.3 is 4.74 Å². The molecule has 0 saturated heterocycles. The third-order valence-electron chi connectivity index (χ3n) is 2.57. The number of aryl methyl sites for hydroxylation is 1.